The molecule has 4 aromatic rings. The van der Waals surface area contributed by atoms with Crippen LogP contribution in [0.25, 0.3) is 11.3 Å². The van der Waals surface area contributed by atoms with E-state index in [1.807, 2.05) is 18.2 Å². The predicted octanol–water partition coefficient (Wildman–Crippen LogP) is 7.37. The lowest BCUT2D eigenvalue weighted by Crippen LogP contribution is -2.28. The molecule has 1 saturated heterocycles. The van der Waals surface area contributed by atoms with Gasteiger partial charge in [-0.3, -0.25) is 15.4 Å². The van der Waals surface area contributed by atoms with Gasteiger partial charge in [-0.2, -0.15) is 0 Å². The monoisotopic (exact) mass is 685 g/mol. The van der Waals surface area contributed by atoms with E-state index in [9.17, 15) is 19.7 Å². The van der Waals surface area contributed by atoms with Crippen molar-refractivity contribution in [3.63, 3.8) is 0 Å². The van der Waals surface area contributed by atoms with E-state index in [0.717, 1.165) is 18.4 Å². The number of nitro benzene ring substituents is 1. The van der Waals surface area contributed by atoms with Crippen LogP contribution in [0.1, 0.15) is 55.1 Å². The van der Waals surface area contributed by atoms with Crippen LogP contribution >= 0.6 is 0 Å². The average molecular weight is 686 g/mol. The molecule has 14 nitrogen and oxygen atoms in total. The number of nitrogens with one attached hydrogen (secondary N) is 2. The van der Waals surface area contributed by atoms with Crippen LogP contribution in [-0.4, -0.2) is 59.0 Å². The summed E-state index contributed by atoms with van der Waals surface area (Å²) in [6.45, 7) is 8.21. The molecule has 5 rings (SSSR count). The minimum atomic E-state index is -0.669. The highest BCUT2D eigenvalue weighted by atomic mass is 16.6. The summed E-state index contributed by atoms with van der Waals surface area (Å²) in [7, 11) is 1.22. The molecule has 0 saturated carbocycles. The number of benzene rings is 3. The number of rotatable bonds is 11. The van der Waals surface area contributed by atoms with E-state index >= 15 is 0 Å². The summed E-state index contributed by atoms with van der Waals surface area (Å²) in [5.41, 5.74) is 1.83. The van der Waals surface area contributed by atoms with E-state index in [0.29, 0.717) is 41.8 Å². The second-order valence-electron chi connectivity index (χ2n) is 12.5. The number of carbonyl (C=O) groups is 2. The van der Waals surface area contributed by atoms with Crippen LogP contribution in [0.4, 0.5) is 27.8 Å². The highest BCUT2D eigenvalue weighted by Gasteiger charge is 2.26. The Kier molecular flexibility index (Phi) is 11.1. The molecule has 0 aliphatic carbocycles. The van der Waals surface area contributed by atoms with Crippen LogP contribution in [0.3, 0.4) is 0 Å². The van der Waals surface area contributed by atoms with E-state index in [4.69, 9.17) is 23.7 Å². The molecule has 1 aromatic heterocycles. The summed E-state index contributed by atoms with van der Waals surface area (Å²) in [5.74, 6) is 0.718. The van der Waals surface area contributed by atoms with Crippen LogP contribution < -0.4 is 20.1 Å². The molecule has 1 aliphatic rings. The second-order valence-corrected chi connectivity index (χ2v) is 12.5. The molecule has 50 heavy (non-hydrogen) atoms. The summed E-state index contributed by atoms with van der Waals surface area (Å²) >= 11 is 0. The summed E-state index contributed by atoms with van der Waals surface area (Å²) in [6, 6.07) is 16.9. The molecule has 0 bridgehead atoms. The molecule has 3 aromatic carbocycles. The van der Waals surface area contributed by atoms with Crippen LogP contribution in [0, 0.1) is 17.0 Å². The first kappa shape index (κ1) is 35.5. The lowest BCUT2D eigenvalue weighted by molar-refractivity contribution is -0.384. The number of nitrogens with zero attached hydrogens (tertiary/aromatic N) is 3. The predicted molar refractivity (Wildman–Crippen MR) is 185 cm³/mol. The molecule has 1 unspecified atom stereocenters. The van der Waals surface area contributed by atoms with Crippen molar-refractivity contribution in [2.75, 3.05) is 31.0 Å². The summed E-state index contributed by atoms with van der Waals surface area (Å²) < 4.78 is 28.1. The van der Waals surface area contributed by atoms with Crippen molar-refractivity contribution in [3.8, 4) is 22.8 Å². The molecule has 0 spiro atoms. The Morgan fingerprint density at radius 3 is 2.50 bits per heavy atom. The number of esters is 1. The first-order valence-electron chi connectivity index (χ1n) is 16.0. The van der Waals surface area contributed by atoms with Gasteiger partial charge in [0.1, 0.15) is 29.8 Å². The average Bonchev–Trinajstić information content (AvgIpc) is 3.08. The summed E-state index contributed by atoms with van der Waals surface area (Å²) in [6.07, 6.45) is 2.59. The maximum absolute atomic E-state index is 12.2. The third kappa shape index (κ3) is 9.23. The highest BCUT2D eigenvalue weighted by molar-refractivity contribution is 5.94. The van der Waals surface area contributed by atoms with Crippen molar-refractivity contribution in [2.45, 2.75) is 58.8 Å². The van der Waals surface area contributed by atoms with E-state index in [2.05, 4.69) is 20.6 Å². The quantitative estimate of drug-likeness (QED) is 0.0913. The minimum Gasteiger partial charge on any atom is -0.489 e. The molecular weight excluding hydrogens is 646 g/mol. The van der Waals surface area contributed by atoms with Crippen LogP contribution in [0.5, 0.6) is 11.5 Å². The lowest BCUT2D eigenvalue weighted by atomic mass is 10.00. The zero-order chi connectivity index (χ0) is 35.8. The molecule has 1 aliphatic heterocycles. The number of carbonyl (C=O) groups excluding carboxylic acids is 2. The zero-order valence-corrected chi connectivity index (χ0v) is 28.5. The zero-order valence-electron chi connectivity index (χ0n) is 28.5. The second kappa shape index (κ2) is 15.6. The third-order valence-electron chi connectivity index (χ3n) is 7.57. The topological polar surface area (TPSA) is 173 Å². The fourth-order valence-corrected chi connectivity index (χ4v) is 5.26. The smallest absolute Gasteiger partial charge is 0.412 e. The van der Waals surface area contributed by atoms with Gasteiger partial charge in [0.05, 0.1) is 35.5 Å². The van der Waals surface area contributed by atoms with Gasteiger partial charge in [-0.1, -0.05) is 0 Å². The molecule has 1 atom stereocenters. The fraction of sp³-hybridized carbons (Fsp3) is 0.333. The van der Waals surface area contributed by atoms with Gasteiger partial charge < -0.3 is 29.0 Å². The maximum Gasteiger partial charge on any atom is 0.412 e. The van der Waals surface area contributed by atoms with Gasteiger partial charge in [-0.25, -0.2) is 19.6 Å². The molecule has 262 valence electrons. The minimum absolute atomic E-state index is 0.0978. The number of anilines is 3. The van der Waals surface area contributed by atoms with Gasteiger partial charge in [-0.15, -0.1) is 0 Å². The van der Waals surface area contributed by atoms with Crippen molar-refractivity contribution in [1.82, 2.24) is 9.97 Å². The van der Waals surface area contributed by atoms with Crippen molar-refractivity contribution >= 4 is 35.1 Å². The van der Waals surface area contributed by atoms with E-state index in [1.54, 1.807) is 51.1 Å². The lowest BCUT2D eigenvalue weighted by Gasteiger charge is -2.25. The number of hydrogen-bond donors (Lipinski definition) is 2. The van der Waals surface area contributed by atoms with Gasteiger partial charge in [0, 0.05) is 35.3 Å². The number of methoxy groups -OCH3 is 1. The number of nitro groups is 1. The Hall–Kier alpha value is -5.76. The Morgan fingerprint density at radius 1 is 1.06 bits per heavy atom. The summed E-state index contributed by atoms with van der Waals surface area (Å²) in [4.78, 5) is 44.7. The molecule has 14 heteroatoms. The Balaban J connectivity index is 1.36. The standard InChI is InChI=1S/C36H39N5O9/c1-22-28(33(42)46-5)13-14-29(32(22)41(44)45)30-16-17-37-34(40-30)38-25-10-15-31(49-27-7-6-18-47-21-27)23(19-25)20-48-26-11-8-24(9-12-26)39-35(43)50-36(2,3)4/h8-17,19,27H,6-7,18,20-21H2,1-5H3,(H,39,43)(H,37,38,40). The van der Waals surface area contributed by atoms with E-state index in [1.165, 1.54) is 32.4 Å². The number of aromatic nitrogens is 2. The van der Waals surface area contributed by atoms with Crippen molar-refractivity contribution in [1.29, 1.82) is 0 Å². The molecule has 1 amide bonds. The van der Waals surface area contributed by atoms with Gasteiger partial charge in [0.25, 0.3) is 5.69 Å². The van der Waals surface area contributed by atoms with Crippen LogP contribution in [0.15, 0.2) is 66.9 Å². The normalized spacial score (nSPS) is 14.3. The van der Waals surface area contributed by atoms with Crippen LogP contribution in [0.2, 0.25) is 0 Å². The fourth-order valence-electron chi connectivity index (χ4n) is 5.26. The van der Waals surface area contributed by atoms with E-state index in [-0.39, 0.29) is 41.0 Å². The van der Waals surface area contributed by atoms with Crippen molar-refractivity contribution in [2.24, 2.45) is 0 Å². The van der Waals surface area contributed by atoms with Gasteiger partial charge >= 0.3 is 12.1 Å². The van der Waals surface area contributed by atoms with Crippen LogP contribution in [-0.2, 0) is 20.8 Å². The molecular formula is C36H39N5O9. The molecule has 2 heterocycles. The number of ether oxygens (including phenoxy) is 5. The molecule has 0 radical (unpaired) electrons. The first-order valence-corrected chi connectivity index (χ1v) is 16.0. The number of hydrogen-bond acceptors (Lipinski definition) is 12. The maximum atomic E-state index is 12.2. The SMILES string of the molecule is COC(=O)c1ccc(-c2ccnc(Nc3ccc(OC4CCCOC4)c(COc4ccc(NC(=O)OC(C)(C)C)cc4)c3)n2)c([N+](=O)[O-])c1C. The van der Waals surface area contributed by atoms with Crippen molar-refractivity contribution < 1.29 is 38.2 Å². The first-order chi connectivity index (χ1) is 23.9. The Morgan fingerprint density at radius 2 is 1.82 bits per heavy atom. The van der Waals surface area contributed by atoms with Crippen molar-refractivity contribution in [3.05, 3.63) is 93.7 Å². The van der Waals surface area contributed by atoms with Gasteiger partial charge in [0.2, 0.25) is 5.95 Å². The Bertz CT molecular complexity index is 1850. The molecule has 2 N–H and O–H groups in total. The third-order valence-corrected chi connectivity index (χ3v) is 7.57. The van der Waals surface area contributed by atoms with E-state index < -0.39 is 22.6 Å². The largest absolute Gasteiger partial charge is 0.489 e. The number of amides is 1. The Labute approximate surface area is 289 Å². The van der Waals surface area contributed by atoms with Gasteiger partial charge in [0.15, 0.2) is 0 Å². The molecule has 1 fully saturated rings. The summed E-state index contributed by atoms with van der Waals surface area (Å²) in [5, 5.41) is 17.9. The van der Waals surface area contributed by atoms with Gasteiger partial charge in [-0.05, 0) is 101 Å². The highest BCUT2D eigenvalue weighted by Crippen LogP contribution is 2.35.